The van der Waals surface area contributed by atoms with Gasteiger partial charge in [-0.2, -0.15) is 0 Å². The van der Waals surface area contributed by atoms with Crippen LogP contribution in [0.3, 0.4) is 0 Å². The van der Waals surface area contributed by atoms with Crippen LogP contribution in [0.15, 0.2) is 11.8 Å². The van der Waals surface area contributed by atoms with Gasteiger partial charge in [0.15, 0.2) is 12.4 Å². The summed E-state index contributed by atoms with van der Waals surface area (Å²) < 4.78 is 20.3. The molecule has 1 aliphatic rings. The summed E-state index contributed by atoms with van der Waals surface area (Å²) in [5.41, 5.74) is 0. The highest BCUT2D eigenvalue weighted by Gasteiger charge is 2.32. The third-order valence-corrected chi connectivity index (χ3v) is 2.01. The van der Waals surface area contributed by atoms with E-state index in [0.717, 1.165) is 0 Å². The van der Waals surface area contributed by atoms with E-state index in [1.165, 1.54) is 14.2 Å². The van der Waals surface area contributed by atoms with Crippen LogP contribution in [0.2, 0.25) is 0 Å². The lowest BCUT2D eigenvalue weighted by Crippen LogP contribution is -2.41. The number of ether oxygens (including phenoxy) is 4. The number of aliphatic hydroxyl groups is 1. The molecule has 0 spiro atoms. The fraction of sp³-hybridized carbons (Fsp3) is 0.778. The van der Waals surface area contributed by atoms with Gasteiger partial charge in [0.05, 0.1) is 13.7 Å². The molecule has 1 rings (SSSR count). The zero-order valence-electron chi connectivity index (χ0n) is 8.60. The fourth-order valence-electron chi connectivity index (χ4n) is 1.33. The topological polar surface area (TPSA) is 57.2 Å². The second kappa shape index (κ2) is 5.31. The number of hydrogen-bond acceptors (Lipinski definition) is 5. The van der Waals surface area contributed by atoms with E-state index in [9.17, 15) is 5.11 Å². The molecule has 0 aromatic carbocycles. The summed E-state index contributed by atoms with van der Waals surface area (Å²) in [5.74, 6) is 0.449. The second-order valence-corrected chi connectivity index (χ2v) is 2.95. The number of aliphatic hydroxyl groups excluding tert-OH is 1. The monoisotopic (exact) mass is 204 g/mol. The molecular formula is C9H16O5. The Kier molecular flexibility index (Phi) is 4.34. The number of hydrogen-bond donors (Lipinski definition) is 1. The van der Waals surface area contributed by atoms with Crippen molar-refractivity contribution in [3.8, 4) is 0 Å². The van der Waals surface area contributed by atoms with Crippen molar-refractivity contribution < 1.29 is 24.1 Å². The molecule has 14 heavy (non-hydrogen) atoms. The van der Waals surface area contributed by atoms with Crippen LogP contribution in [0.4, 0.5) is 0 Å². The quantitative estimate of drug-likeness (QED) is 0.692. The fourth-order valence-corrected chi connectivity index (χ4v) is 1.33. The molecule has 0 amide bonds. The van der Waals surface area contributed by atoms with Gasteiger partial charge in [-0.05, 0) is 6.08 Å². The van der Waals surface area contributed by atoms with E-state index >= 15 is 0 Å². The smallest absolute Gasteiger partial charge is 0.191 e. The predicted octanol–water partition coefficient (Wildman–Crippen LogP) is -0.105. The number of rotatable bonds is 4. The molecule has 0 aromatic rings. The van der Waals surface area contributed by atoms with Crippen molar-refractivity contribution >= 4 is 0 Å². The molecule has 0 saturated carbocycles. The normalized spacial score (nSPS) is 32.6. The summed E-state index contributed by atoms with van der Waals surface area (Å²) in [6.45, 7) is 0.402. The molecule has 1 aliphatic heterocycles. The summed E-state index contributed by atoms with van der Waals surface area (Å²) in [7, 11) is 4.55. The summed E-state index contributed by atoms with van der Waals surface area (Å²) in [4.78, 5) is 0. The minimum absolute atomic E-state index is 0.247. The van der Waals surface area contributed by atoms with Crippen molar-refractivity contribution in [1.29, 1.82) is 0 Å². The van der Waals surface area contributed by atoms with Crippen LogP contribution in [0.5, 0.6) is 0 Å². The van der Waals surface area contributed by atoms with E-state index in [4.69, 9.17) is 18.9 Å². The van der Waals surface area contributed by atoms with Crippen molar-refractivity contribution in [2.24, 2.45) is 0 Å². The highest BCUT2D eigenvalue weighted by molar-refractivity contribution is 5.08. The van der Waals surface area contributed by atoms with Gasteiger partial charge < -0.3 is 24.1 Å². The Bertz CT molecular complexity index is 203. The Morgan fingerprint density at radius 2 is 2.14 bits per heavy atom. The van der Waals surface area contributed by atoms with E-state index in [1.807, 2.05) is 0 Å². The number of methoxy groups -OCH3 is 3. The van der Waals surface area contributed by atoms with E-state index < -0.39 is 12.4 Å². The molecule has 0 aliphatic carbocycles. The lowest BCUT2D eigenvalue weighted by Gasteiger charge is -2.31. The first kappa shape index (κ1) is 11.5. The first-order valence-corrected chi connectivity index (χ1v) is 4.34. The Labute approximate surface area is 83.2 Å². The van der Waals surface area contributed by atoms with E-state index in [1.54, 1.807) is 13.2 Å². The van der Waals surface area contributed by atoms with Gasteiger partial charge in [0, 0.05) is 14.2 Å². The van der Waals surface area contributed by atoms with Crippen LogP contribution in [0.1, 0.15) is 0 Å². The van der Waals surface area contributed by atoms with Crippen LogP contribution in [-0.4, -0.2) is 51.5 Å². The SMILES string of the molecule is COCC1C=C(OC)C(O)C(OC)O1. The minimum Gasteiger partial charge on any atom is -0.498 e. The largest absolute Gasteiger partial charge is 0.498 e. The summed E-state index contributed by atoms with van der Waals surface area (Å²) in [6, 6.07) is 0. The van der Waals surface area contributed by atoms with Crippen LogP contribution in [0.25, 0.3) is 0 Å². The standard InChI is InChI=1S/C9H16O5/c1-11-5-6-4-7(12-2)8(10)9(13-3)14-6/h4,6,8-10H,5H2,1-3H3. The maximum absolute atomic E-state index is 9.63. The third-order valence-electron chi connectivity index (χ3n) is 2.01. The second-order valence-electron chi connectivity index (χ2n) is 2.95. The molecule has 3 atom stereocenters. The molecule has 0 fully saturated rings. The molecule has 0 bridgehead atoms. The Morgan fingerprint density at radius 3 is 2.64 bits per heavy atom. The van der Waals surface area contributed by atoms with Gasteiger partial charge in [0.1, 0.15) is 11.9 Å². The van der Waals surface area contributed by atoms with Crippen molar-refractivity contribution in [3.05, 3.63) is 11.8 Å². The van der Waals surface area contributed by atoms with Gasteiger partial charge >= 0.3 is 0 Å². The highest BCUT2D eigenvalue weighted by atomic mass is 16.7. The molecule has 0 radical (unpaired) electrons. The van der Waals surface area contributed by atoms with Gasteiger partial charge in [0.25, 0.3) is 0 Å². The first-order chi connectivity index (χ1) is 6.72. The lowest BCUT2D eigenvalue weighted by atomic mass is 10.1. The van der Waals surface area contributed by atoms with Gasteiger partial charge in [-0.3, -0.25) is 0 Å². The molecule has 0 aromatic heterocycles. The molecule has 82 valence electrons. The van der Waals surface area contributed by atoms with E-state index in [-0.39, 0.29) is 6.10 Å². The zero-order chi connectivity index (χ0) is 10.6. The molecular weight excluding hydrogens is 188 g/mol. The Balaban J connectivity index is 2.70. The summed E-state index contributed by atoms with van der Waals surface area (Å²) in [5, 5.41) is 9.63. The Morgan fingerprint density at radius 1 is 1.43 bits per heavy atom. The van der Waals surface area contributed by atoms with Crippen LogP contribution >= 0.6 is 0 Å². The van der Waals surface area contributed by atoms with Crippen LogP contribution in [-0.2, 0) is 18.9 Å². The first-order valence-electron chi connectivity index (χ1n) is 4.34. The van der Waals surface area contributed by atoms with E-state index in [2.05, 4.69) is 0 Å². The zero-order valence-corrected chi connectivity index (χ0v) is 8.60. The Hall–Kier alpha value is -0.620. The molecule has 5 nitrogen and oxygen atoms in total. The van der Waals surface area contributed by atoms with Gasteiger partial charge in [-0.25, -0.2) is 0 Å². The maximum Gasteiger partial charge on any atom is 0.191 e. The van der Waals surface area contributed by atoms with Gasteiger partial charge in [-0.1, -0.05) is 0 Å². The predicted molar refractivity (Wildman–Crippen MR) is 48.6 cm³/mol. The highest BCUT2D eigenvalue weighted by Crippen LogP contribution is 2.20. The van der Waals surface area contributed by atoms with E-state index in [0.29, 0.717) is 12.4 Å². The van der Waals surface area contributed by atoms with Gasteiger partial charge in [0.2, 0.25) is 0 Å². The van der Waals surface area contributed by atoms with Crippen molar-refractivity contribution in [2.45, 2.75) is 18.5 Å². The minimum atomic E-state index is -0.877. The summed E-state index contributed by atoms with van der Waals surface area (Å²) >= 11 is 0. The van der Waals surface area contributed by atoms with Crippen molar-refractivity contribution in [2.75, 3.05) is 27.9 Å². The molecule has 0 saturated heterocycles. The van der Waals surface area contributed by atoms with Crippen molar-refractivity contribution in [3.63, 3.8) is 0 Å². The van der Waals surface area contributed by atoms with Crippen LogP contribution < -0.4 is 0 Å². The molecule has 5 heteroatoms. The molecule has 1 N–H and O–H groups in total. The summed E-state index contributed by atoms with van der Waals surface area (Å²) in [6.07, 6.45) is -0.138. The van der Waals surface area contributed by atoms with Crippen LogP contribution in [0, 0.1) is 0 Å². The third kappa shape index (κ3) is 2.45. The average Bonchev–Trinajstić information content (AvgIpc) is 2.20. The lowest BCUT2D eigenvalue weighted by molar-refractivity contribution is -0.209. The molecule has 3 unspecified atom stereocenters. The maximum atomic E-state index is 9.63. The average molecular weight is 204 g/mol. The van der Waals surface area contributed by atoms with Crippen molar-refractivity contribution in [1.82, 2.24) is 0 Å². The molecule has 1 heterocycles. The van der Waals surface area contributed by atoms with Gasteiger partial charge in [-0.15, -0.1) is 0 Å².